The Morgan fingerprint density at radius 2 is 1.89 bits per heavy atom. The molecule has 18 heavy (non-hydrogen) atoms. The molecule has 0 atom stereocenters. The number of nitrogens with one attached hydrogen (secondary N) is 1. The summed E-state index contributed by atoms with van der Waals surface area (Å²) >= 11 is 0. The second kappa shape index (κ2) is 4.92. The number of hydrogen-bond donors (Lipinski definition) is 1. The van der Waals surface area contributed by atoms with E-state index in [2.05, 4.69) is 12.2 Å². The molecule has 0 radical (unpaired) electrons. The first kappa shape index (κ1) is 13.4. The highest BCUT2D eigenvalue weighted by atomic mass is 32.2. The topological polar surface area (TPSA) is 46.2 Å². The average Bonchev–Trinajstić information content (AvgIpc) is 2.34. The maximum absolute atomic E-state index is 12.1. The SMILES string of the molecule is CCC1(Nc2ccccc2S(=O)(=O)CC)CCC1. The number of sulfone groups is 1. The monoisotopic (exact) mass is 267 g/mol. The average molecular weight is 267 g/mol. The van der Waals surface area contributed by atoms with E-state index in [1.54, 1.807) is 19.1 Å². The van der Waals surface area contributed by atoms with Gasteiger partial charge < -0.3 is 5.32 Å². The molecular weight excluding hydrogens is 246 g/mol. The van der Waals surface area contributed by atoms with Crippen LogP contribution in [-0.2, 0) is 9.84 Å². The summed E-state index contributed by atoms with van der Waals surface area (Å²) in [6, 6.07) is 7.24. The van der Waals surface area contributed by atoms with Crippen molar-refractivity contribution in [3.05, 3.63) is 24.3 Å². The Hall–Kier alpha value is -1.03. The molecule has 0 amide bonds. The quantitative estimate of drug-likeness (QED) is 0.891. The lowest BCUT2D eigenvalue weighted by atomic mass is 9.74. The van der Waals surface area contributed by atoms with Crippen LogP contribution in [0.2, 0.25) is 0 Å². The third-order valence-corrected chi connectivity index (χ3v) is 5.78. The van der Waals surface area contributed by atoms with E-state index in [4.69, 9.17) is 0 Å². The zero-order valence-electron chi connectivity index (χ0n) is 11.1. The minimum atomic E-state index is -3.16. The highest BCUT2D eigenvalue weighted by molar-refractivity contribution is 7.91. The van der Waals surface area contributed by atoms with Gasteiger partial charge in [-0.15, -0.1) is 0 Å². The van der Waals surface area contributed by atoms with Crippen LogP contribution in [0.1, 0.15) is 39.5 Å². The summed E-state index contributed by atoms with van der Waals surface area (Å²) in [5, 5.41) is 3.47. The Bertz CT molecular complexity index is 513. The molecule has 1 aliphatic carbocycles. The van der Waals surface area contributed by atoms with Gasteiger partial charge in [0.15, 0.2) is 9.84 Å². The molecule has 0 unspecified atom stereocenters. The van der Waals surface area contributed by atoms with Crippen LogP contribution in [0, 0.1) is 0 Å². The van der Waals surface area contributed by atoms with Crippen molar-refractivity contribution in [1.82, 2.24) is 0 Å². The summed E-state index contributed by atoms with van der Waals surface area (Å²) in [6.07, 6.45) is 4.52. The van der Waals surface area contributed by atoms with E-state index < -0.39 is 9.84 Å². The van der Waals surface area contributed by atoms with Gasteiger partial charge in [-0.05, 0) is 37.8 Å². The summed E-state index contributed by atoms with van der Waals surface area (Å²) in [5.41, 5.74) is 0.875. The number of hydrogen-bond acceptors (Lipinski definition) is 3. The first-order valence-corrected chi connectivity index (χ1v) is 8.28. The van der Waals surface area contributed by atoms with Crippen LogP contribution in [0.5, 0.6) is 0 Å². The summed E-state index contributed by atoms with van der Waals surface area (Å²) in [7, 11) is -3.16. The Labute approximate surface area is 110 Å². The fourth-order valence-electron chi connectivity index (χ4n) is 2.45. The van der Waals surface area contributed by atoms with Gasteiger partial charge in [0.25, 0.3) is 0 Å². The smallest absolute Gasteiger partial charge is 0.180 e. The molecule has 3 nitrogen and oxygen atoms in total. The van der Waals surface area contributed by atoms with Gasteiger partial charge in [-0.1, -0.05) is 26.0 Å². The Morgan fingerprint density at radius 3 is 2.39 bits per heavy atom. The molecule has 0 bridgehead atoms. The van der Waals surface area contributed by atoms with E-state index in [0.29, 0.717) is 4.90 Å². The molecule has 1 N–H and O–H groups in total. The van der Waals surface area contributed by atoms with Crippen LogP contribution in [-0.4, -0.2) is 19.7 Å². The fraction of sp³-hybridized carbons (Fsp3) is 0.571. The van der Waals surface area contributed by atoms with E-state index >= 15 is 0 Å². The lowest BCUT2D eigenvalue weighted by Crippen LogP contribution is -2.44. The number of anilines is 1. The van der Waals surface area contributed by atoms with Crippen LogP contribution in [0.4, 0.5) is 5.69 Å². The van der Waals surface area contributed by atoms with Gasteiger partial charge in [0.2, 0.25) is 0 Å². The van der Waals surface area contributed by atoms with Crippen LogP contribution in [0.3, 0.4) is 0 Å². The molecule has 1 saturated carbocycles. The molecule has 0 heterocycles. The van der Waals surface area contributed by atoms with E-state index in [1.807, 2.05) is 12.1 Å². The van der Waals surface area contributed by atoms with Crippen LogP contribution >= 0.6 is 0 Å². The molecule has 1 aliphatic rings. The van der Waals surface area contributed by atoms with Gasteiger partial charge in [-0.25, -0.2) is 8.42 Å². The van der Waals surface area contributed by atoms with E-state index in [-0.39, 0.29) is 11.3 Å². The van der Waals surface area contributed by atoms with Gasteiger partial charge in [-0.3, -0.25) is 0 Å². The van der Waals surface area contributed by atoms with E-state index in [9.17, 15) is 8.42 Å². The number of rotatable bonds is 5. The number of para-hydroxylation sites is 1. The van der Waals surface area contributed by atoms with Crippen LogP contribution in [0.15, 0.2) is 29.2 Å². The molecule has 2 rings (SSSR count). The van der Waals surface area contributed by atoms with Gasteiger partial charge >= 0.3 is 0 Å². The predicted molar refractivity (Wildman–Crippen MR) is 74.7 cm³/mol. The zero-order valence-corrected chi connectivity index (χ0v) is 11.9. The second-order valence-electron chi connectivity index (χ2n) is 5.01. The summed E-state index contributed by atoms with van der Waals surface area (Å²) in [6.45, 7) is 3.84. The second-order valence-corrected chi connectivity index (χ2v) is 7.26. The van der Waals surface area contributed by atoms with Crippen molar-refractivity contribution >= 4 is 15.5 Å². The van der Waals surface area contributed by atoms with Crippen molar-refractivity contribution in [2.45, 2.75) is 50.0 Å². The first-order chi connectivity index (χ1) is 8.53. The molecule has 0 saturated heterocycles. The Kier molecular flexibility index (Phi) is 3.66. The largest absolute Gasteiger partial charge is 0.379 e. The molecule has 1 aromatic carbocycles. The van der Waals surface area contributed by atoms with Gasteiger partial charge in [0, 0.05) is 5.54 Å². The Morgan fingerprint density at radius 1 is 1.22 bits per heavy atom. The van der Waals surface area contributed by atoms with Gasteiger partial charge in [0.05, 0.1) is 16.3 Å². The molecule has 0 spiro atoms. The summed E-state index contributed by atoms with van der Waals surface area (Å²) in [4.78, 5) is 0.437. The zero-order chi connectivity index (χ0) is 13.2. The normalized spacial score (nSPS) is 18.1. The Balaban J connectivity index is 2.34. The molecule has 1 aromatic rings. The molecular formula is C14H21NO2S. The number of benzene rings is 1. The third-order valence-electron chi connectivity index (χ3n) is 3.99. The molecule has 0 aliphatic heterocycles. The summed E-state index contributed by atoms with van der Waals surface area (Å²) < 4.78 is 24.1. The van der Waals surface area contributed by atoms with Gasteiger partial charge in [0.1, 0.15) is 0 Å². The maximum Gasteiger partial charge on any atom is 0.180 e. The lowest BCUT2D eigenvalue weighted by molar-refractivity contribution is 0.269. The molecule has 0 aromatic heterocycles. The lowest BCUT2D eigenvalue weighted by Gasteiger charge is -2.43. The van der Waals surface area contributed by atoms with Crippen LogP contribution in [0.25, 0.3) is 0 Å². The minimum absolute atomic E-state index is 0.110. The van der Waals surface area contributed by atoms with Crippen molar-refractivity contribution in [1.29, 1.82) is 0 Å². The van der Waals surface area contributed by atoms with Crippen molar-refractivity contribution in [2.24, 2.45) is 0 Å². The highest BCUT2D eigenvalue weighted by Crippen LogP contribution is 2.39. The van der Waals surface area contributed by atoms with Crippen molar-refractivity contribution in [3.8, 4) is 0 Å². The molecule has 100 valence electrons. The van der Waals surface area contributed by atoms with Gasteiger partial charge in [-0.2, -0.15) is 0 Å². The third kappa shape index (κ3) is 2.39. The van der Waals surface area contributed by atoms with Crippen molar-refractivity contribution in [2.75, 3.05) is 11.1 Å². The summed E-state index contributed by atoms with van der Waals surface area (Å²) in [5.74, 6) is 0.144. The maximum atomic E-state index is 12.1. The first-order valence-electron chi connectivity index (χ1n) is 6.63. The minimum Gasteiger partial charge on any atom is -0.379 e. The standard InChI is InChI=1S/C14H21NO2S/c1-3-14(10-7-11-14)15-12-8-5-6-9-13(12)18(16,17)4-2/h5-6,8-9,15H,3-4,7,10-11H2,1-2H3. The predicted octanol–water partition coefficient (Wildman–Crippen LogP) is 3.22. The van der Waals surface area contributed by atoms with Crippen LogP contribution < -0.4 is 5.32 Å². The highest BCUT2D eigenvalue weighted by Gasteiger charge is 2.35. The van der Waals surface area contributed by atoms with E-state index in [0.717, 1.165) is 24.9 Å². The fourth-order valence-corrected chi connectivity index (χ4v) is 3.50. The molecule has 1 fully saturated rings. The van der Waals surface area contributed by atoms with E-state index in [1.165, 1.54) is 6.42 Å². The molecule has 4 heteroatoms. The van der Waals surface area contributed by atoms with Crippen molar-refractivity contribution < 1.29 is 8.42 Å². The van der Waals surface area contributed by atoms with Crippen molar-refractivity contribution in [3.63, 3.8) is 0 Å².